The quantitative estimate of drug-likeness (QED) is 0.692. The fourth-order valence-electron chi connectivity index (χ4n) is 1.44. The average Bonchev–Trinajstić information content (AvgIpc) is 2.97. The molecule has 18 heavy (non-hydrogen) atoms. The molecule has 0 unspecified atom stereocenters. The molecule has 3 heterocycles. The molecular weight excluding hydrogens is 309 g/mol. The third-order valence-electron chi connectivity index (χ3n) is 2.22. The third kappa shape index (κ3) is 2.27. The summed E-state index contributed by atoms with van der Waals surface area (Å²) in [5, 5.41) is 2.75. The SMILES string of the molecule is Clc1cc(-c2csc(-c3cnccn3)n2)c(Cl)s1. The number of thiophene rings is 1. The van der Waals surface area contributed by atoms with Crippen LogP contribution in [0.3, 0.4) is 0 Å². The molecule has 0 fully saturated rings. The minimum Gasteiger partial charge on any atom is -0.261 e. The van der Waals surface area contributed by atoms with Crippen LogP contribution in [0.25, 0.3) is 22.0 Å². The van der Waals surface area contributed by atoms with Crippen molar-refractivity contribution in [3.63, 3.8) is 0 Å². The van der Waals surface area contributed by atoms with Gasteiger partial charge in [0.05, 0.1) is 16.2 Å². The Balaban J connectivity index is 2.02. The van der Waals surface area contributed by atoms with Gasteiger partial charge in [-0.2, -0.15) is 0 Å². The maximum Gasteiger partial charge on any atom is 0.144 e. The maximum atomic E-state index is 6.11. The van der Waals surface area contributed by atoms with Crippen LogP contribution < -0.4 is 0 Å². The van der Waals surface area contributed by atoms with E-state index in [4.69, 9.17) is 23.2 Å². The predicted octanol–water partition coefficient (Wildman–Crippen LogP) is 4.64. The van der Waals surface area contributed by atoms with Crippen LogP contribution in [0.1, 0.15) is 0 Å². The summed E-state index contributed by atoms with van der Waals surface area (Å²) in [6, 6.07) is 1.82. The van der Waals surface area contributed by atoms with Crippen molar-refractivity contribution in [3.8, 4) is 22.0 Å². The second-order valence-corrected chi connectivity index (χ2v) is 6.51. The zero-order chi connectivity index (χ0) is 12.5. The summed E-state index contributed by atoms with van der Waals surface area (Å²) in [5.41, 5.74) is 2.43. The van der Waals surface area contributed by atoms with Crippen molar-refractivity contribution in [1.29, 1.82) is 0 Å². The smallest absolute Gasteiger partial charge is 0.144 e. The topological polar surface area (TPSA) is 38.7 Å². The molecule has 7 heteroatoms. The number of nitrogens with zero attached hydrogens (tertiary/aromatic N) is 3. The Morgan fingerprint density at radius 2 is 2.00 bits per heavy atom. The summed E-state index contributed by atoms with van der Waals surface area (Å²) in [7, 11) is 0. The van der Waals surface area contributed by atoms with Crippen LogP contribution in [0.5, 0.6) is 0 Å². The minimum absolute atomic E-state index is 0.649. The lowest BCUT2D eigenvalue weighted by Crippen LogP contribution is -1.83. The number of hydrogen-bond acceptors (Lipinski definition) is 5. The molecule has 0 aromatic carbocycles. The normalized spacial score (nSPS) is 10.8. The van der Waals surface area contributed by atoms with Gasteiger partial charge >= 0.3 is 0 Å². The molecule has 0 saturated heterocycles. The van der Waals surface area contributed by atoms with E-state index in [0.29, 0.717) is 8.67 Å². The van der Waals surface area contributed by atoms with E-state index in [1.54, 1.807) is 18.6 Å². The zero-order valence-electron chi connectivity index (χ0n) is 8.80. The number of thiazole rings is 1. The standard InChI is InChI=1S/C11H5Cl2N3S2/c12-9-3-6(10(13)18-9)8-5-17-11(16-8)7-4-14-1-2-15-7/h1-5H. The van der Waals surface area contributed by atoms with E-state index < -0.39 is 0 Å². The molecule has 0 aliphatic carbocycles. The third-order valence-corrected chi connectivity index (χ3v) is 4.57. The van der Waals surface area contributed by atoms with E-state index in [-0.39, 0.29) is 0 Å². The highest BCUT2D eigenvalue weighted by molar-refractivity contribution is 7.20. The van der Waals surface area contributed by atoms with E-state index in [1.165, 1.54) is 22.7 Å². The molecule has 0 saturated carbocycles. The Morgan fingerprint density at radius 1 is 1.11 bits per heavy atom. The number of aromatic nitrogens is 3. The molecule has 0 aliphatic heterocycles. The molecule has 0 amide bonds. The first kappa shape index (κ1) is 12.0. The van der Waals surface area contributed by atoms with Crippen LogP contribution >= 0.6 is 45.9 Å². The van der Waals surface area contributed by atoms with Crippen LogP contribution in [0, 0.1) is 0 Å². The number of hydrogen-bond donors (Lipinski definition) is 0. The summed E-state index contributed by atoms with van der Waals surface area (Å²) in [6.07, 6.45) is 4.96. The number of rotatable bonds is 2. The average molecular weight is 314 g/mol. The van der Waals surface area contributed by atoms with Gasteiger partial charge in [0, 0.05) is 23.3 Å². The maximum absolute atomic E-state index is 6.11. The molecule has 0 radical (unpaired) electrons. The van der Waals surface area contributed by atoms with Gasteiger partial charge in [-0.05, 0) is 6.07 Å². The van der Waals surface area contributed by atoms with Crippen molar-refractivity contribution >= 4 is 45.9 Å². The van der Waals surface area contributed by atoms with Gasteiger partial charge in [-0.25, -0.2) is 4.98 Å². The second-order valence-electron chi connectivity index (χ2n) is 3.37. The van der Waals surface area contributed by atoms with Crippen LogP contribution in [-0.2, 0) is 0 Å². The Labute approximate surface area is 121 Å². The zero-order valence-corrected chi connectivity index (χ0v) is 11.9. The monoisotopic (exact) mass is 313 g/mol. The molecule has 0 aliphatic rings. The molecular formula is C11H5Cl2N3S2. The van der Waals surface area contributed by atoms with Gasteiger partial charge in [-0.3, -0.25) is 9.97 Å². The molecule has 3 aromatic heterocycles. The summed E-state index contributed by atoms with van der Waals surface area (Å²) < 4.78 is 1.31. The minimum atomic E-state index is 0.649. The first-order chi connectivity index (χ1) is 8.74. The summed E-state index contributed by atoms with van der Waals surface area (Å²) in [5.74, 6) is 0. The Bertz CT molecular complexity index is 679. The molecule has 90 valence electrons. The first-order valence-electron chi connectivity index (χ1n) is 4.91. The van der Waals surface area contributed by atoms with E-state index >= 15 is 0 Å². The Morgan fingerprint density at radius 3 is 2.67 bits per heavy atom. The first-order valence-corrected chi connectivity index (χ1v) is 7.36. The van der Waals surface area contributed by atoms with E-state index in [2.05, 4.69) is 15.0 Å². The van der Waals surface area contributed by atoms with E-state index in [9.17, 15) is 0 Å². The summed E-state index contributed by atoms with van der Waals surface area (Å²) >= 11 is 14.9. The molecule has 3 nitrogen and oxygen atoms in total. The fourth-order valence-corrected chi connectivity index (χ4v) is 3.70. The molecule has 0 spiro atoms. The number of halogens is 2. The largest absolute Gasteiger partial charge is 0.261 e. The van der Waals surface area contributed by atoms with Crippen LogP contribution in [-0.4, -0.2) is 15.0 Å². The van der Waals surface area contributed by atoms with Crippen LogP contribution in [0.4, 0.5) is 0 Å². The highest BCUT2D eigenvalue weighted by Crippen LogP contribution is 2.39. The molecule has 3 aromatic rings. The molecule has 0 N–H and O–H groups in total. The Kier molecular flexibility index (Phi) is 3.30. The van der Waals surface area contributed by atoms with Gasteiger partial charge in [0.15, 0.2) is 0 Å². The molecule has 3 rings (SSSR count). The van der Waals surface area contributed by atoms with Gasteiger partial charge in [0.25, 0.3) is 0 Å². The molecule has 0 atom stereocenters. The van der Waals surface area contributed by atoms with Gasteiger partial charge in [0.2, 0.25) is 0 Å². The van der Waals surface area contributed by atoms with E-state index in [0.717, 1.165) is 22.0 Å². The molecule has 0 bridgehead atoms. The predicted molar refractivity (Wildman–Crippen MR) is 76.5 cm³/mol. The van der Waals surface area contributed by atoms with Crippen LogP contribution in [0.15, 0.2) is 30.0 Å². The van der Waals surface area contributed by atoms with Crippen molar-refractivity contribution in [1.82, 2.24) is 15.0 Å². The lowest BCUT2D eigenvalue weighted by molar-refractivity contribution is 1.19. The van der Waals surface area contributed by atoms with Gasteiger partial charge in [0.1, 0.15) is 15.0 Å². The van der Waals surface area contributed by atoms with Gasteiger partial charge in [-0.1, -0.05) is 23.2 Å². The highest BCUT2D eigenvalue weighted by Gasteiger charge is 2.13. The van der Waals surface area contributed by atoms with Crippen molar-refractivity contribution in [3.05, 3.63) is 38.7 Å². The lowest BCUT2D eigenvalue weighted by Gasteiger charge is -1.93. The van der Waals surface area contributed by atoms with Gasteiger partial charge in [-0.15, -0.1) is 22.7 Å². The lowest BCUT2D eigenvalue weighted by atomic mass is 10.3. The highest BCUT2D eigenvalue weighted by atomic mass is 35.5. The second kappa shape index (κ2) is 4.93. The van der Waals surface area contributed by atoms with E-state index in [1.807, 2.05) is 11.4 Å². The summed E-state index contributed by atoms with van der Waals surface area (Å²) in [6.45, 7) is 0. The van der Waals surface area contributed by atoms with Crippen molar-refractivity contribution in [2.24, 2.45) is 0 Å². The fraction of sp³-hybridized carbons (Fsp3) is 0. The van der Waals surface area contributed by atoms with Crippen LogP contribution in [0.2, 0.25) is 8.67 Å². The van der Waals surface area contributed by atoms with Gasteiger partial charge < -0.3 is 0 Å². The van der Waals surface area contributed by atoms with Crippen molar-refractivity contribution in [2.45, 2.75) is 0 Å². The summed E-state index contributed by atoms with van der Waals surface area (Å²) in [4.78, 5) is 12.7. The van der Waals surface area contributed by atoms with Crippen molar-refractivity contribution in [2.75, 3.05) is 0 Å². The van der Waals surface area contributed by atoms with Crippen molar-refractivity contribution < 1.29 is 0 Å². The Hall–Kier alpha value is -1.01.